The molecule has 2 nitrogen and oxygen atoms in total. The van der Waals surface area contributed by atoms with Crippen LogP contribution in [0.25, 0.3) is 22.4 Å². The molecule has 0 fully saturated rings. The maximum atomic E-state index is 6.00. The SMILES string of the molecule is Clc1ccc(-c2ncccc2COc2ccc(-c3ccccc3)cc2)cc1. The molecule has 1 aromatic heterocycles. The van der Waals surface area contributed by atoms with Gasteiger partial charge in [-0.3, -0.25) is 4.98 Å². The van der Waals surface area contributed by atoms with E-state index in [-0.39, 0.29) is 0 Å². The third-order valence-electron chi connectivity index (χ3n) is 4.36. The predicted octanol–water partition coefficient (Wildman–Crippen LogP) is 6.65. The van der Waals surface area contributed by atoms with Crippen LogP contribution in [0.4, 0.5) is 0 Å². The molecule has 1 heterocycles. The van der Waals surface area contributed by atoms with Gasteiger partial charge in [0.2, 0.25) is 0 Å². The van der Waals surface area contributed by atoms with Crippen LogP contribution in [-0.4, -0.2) is 4.98 Å². The lowest BCUT2D eigenvalue weighted by Crippen LogP contribution is -1.99. The van der Waals surface area contributed by atoms with E-state index in [1.165, 1.54) is 11.1 Å². The van der Waals surface area contributed by atoms with E-state index in [4.69, 9.17) is 16.3 Å². The van der Waals surface area contributed by atoms with E-state index in [9.17, 15) is 0 Å². The highest BCUT2D eigenvalue weighted by atomic mass is 35.5. The van der Waals surface area contributed by atoms with Gasteiger partial charge < -0.3 is 4.74 Å². The van der Waals surface area contributed by atoms with Crippen molar-refractivity contribution < 1.29 is 4.74 Å². The van der Waals surface area contributed by atoms with E-state index in [0.717, 1.165) is 22.6 Å². The van der Waals surface area contributed by atoms with Gasteiger partial charge in [0.15, 0.2) is 0 Å². The van der Waals surface area contributed by atoms with Crippen molar-refractivity contribution in [1.29, 1.82) is 0 Å². The van der Waals surface area contributed by atoms with Crippen LogP contribution in [0.3, 0.4) is 0 Å². The summed E-state index contributed by atoms with van der Waals surface area (Å²) in [6, 6.07) is 30.1. The zero-order valence-corrected chi connectivity index (χ0v) is 15.4. The Morgan fingerprint density at radius 1 is 0.667 bits per heavy atom. The lowest BCUT2D eigenvalue weighted by Gasteiger charge is -2.11. The molecule has 0 bridgehead atoms. The standard InChI is InChI=1S/C24H18ClNO/c25-22-12-8-20(9-13-22)24-21(7-4-16-26-24)17-27-23-14-10-19(11-15-23)18-5-2-1-3-6-18/h1-16H,17H2. The summed E-state index contributed by atoms with van der Waals surface area (Å²) in [7, 11) is 0. The van der Waals surface area contributed by atoms with Crippen molar-refractivity contribution in [2.75, 3.05) is 0 Å². The van der Waals surface area contributed by atoms with Gasteiger partial charge in [0.05, 0.1) is 5.69 Å². The minimum absolute atomic E-state index is 0.455. The van der Waals surface area contributed by atoms with Gasteiger partial charge in [0.1, 0.15) is 12.4 Å². The lowest BCUT2D eigenvalue weighted by atomic mass is 10.1. The Morgan fingerprint density at radius 2 is 1.33 bits per heavy atom. The van der Waals surface area contributed by atoms with Crippen LogP contribution in [0.1, 0.15) is 5.56 Å². The van der Waals surface area contributed by atoms with E-state index in [0.29, 0.717) is 11.6 Å². The lowest BCUT2D eigenvalue weighted by molar-refractivity contribution is 0.306. The van der Waals surface area contributed by atoms with Gasteiger partial charge in [-0.1, -0.05) is 72.3 Å². The molecule has 132 valence electrons. The minimum Gasteiger partial charge on any atom is -0.489 e. The smallest absolute Gasteiger partial charge is 0.119 e. The molecule has 3 aromatic carbocycles. The molecular formula is C24H18ClNO. The molecule has 27 heavy (non-hydrogen) atoms. The summed E-state index contributed by atoms with van der Waals surface area (Å²) in [6.07, 6.45) is 1.79. The quantitative estimate of drug-likeness (QED) is 0.392. The minimum atomic E-state index is 0.455. The first-order valence-electron chi connectivity index (χ1n) is 8.78. The maximum absolute atomic E-state index is 6.00. The molecule has 0 aliphatic carbocycles. The normalized spacial score (nSPS) is 10.6. The van der Waals surface area contributed by atoms with E-state index in [1.807, 2.05) is 66.7 Å². The van der Waals surface area contributed by atoms with E-state index >= 15 is 0 Å². The van der Waals surface area contributed by atoms with Crippen LogP contribution in [0.5, 0.6) is 5.75 Å². The molecule has 3 heteroatoms. The second-order valence-corrected chi connectivity index (χ2v) is 6.63. The Labute approximate surface area is 164 Å². The summed E-state index contributed by atoms with van der Waals surface area (Å²) in [5, 5.41) is 0.714. The number of ether oxygens (including phenoxy) is 1. The fourth-order valence-corrected chi connectivity index (χ4v) is 3.08. The van der Waals surface area contributed by atoms with Crippen molar-refractivity contribution in [3.05, 3.63) is 108 Å². The van der Waals surface area contributed by atoms with Crippen molar-refractivity contribution in [3.63, 3.8) is 0 Å². The van der Waals surface area contributed by atoms with Gasteiger partial charge >= 0.3 is 0 Å². The van der Waals surface area contributed by atoms with Crippen molar-refractivity contribution in [3.8, 4) is 28.1 Å². The molecule has 4 aromatic rings. The van der Waals surface area contributed by atoms with E-state index in [1.54, 1.807) is 6.20 Å². The Morgan fingerprint density at radius 3 is 2.07 bits per heavy atom. The van der Waals surface area contributed by atoms with Gasteiger partial charge in [0.25, 0.3) is 0 Å². The highest BCUT2D eigenvalue weighted by Crippen LogP contribution is 2.26. The molecule has 0 atom stereocenters. The van der Waals surface area contributed by atoms with Crippen LogP contribution >= 0.6 is 11.6 Å². The fourth-order valence-electron chi connectivity index (χ4n) is 2.96. The first-order chi connectivity index (χ1) is 13.3. The van der Waals surface area contributed by atoms with Crippen LogP contribution in [0.2, 0.25) is 5.02 Å². The Hall–Kier alpha value is -3.10. The predicted molar refractivity (Wildman–Crippen MR) is 111 cm³/mol. The number of pyridine rings is 1. The molecule has 0 aliphatic heterocycles. The van der Waals surface area contributed by atoms with E-state index < -0.39 is 0 Å². The van der Waals surface area contributed by atoms with Gasteiger partial charge in [-0.2, -0.15) is 0 Å². The molecule has 0 aliphatic rings. The summed E-state index contributed by atoms with van der Waals surface area (Å²) < 4.78 is 6.00. The molecule has 0 unspecified atom stereocenters. The number of rotatable bonds is 5. The molecule has 4 rings (SSSR count). The van der Waals surface area contributed by atoms with Crippen molar-refractivity contribution >= 4 is 11.6 Å². The molecule has 0 saturated carbocycles. The van der Waals surface area contributed by atoms with Crippen LogP contribution < -0.4 is 4.74 Å². The fraction of sp³-hybridized carbons (Fsp3) is 0.0417. The van der Waals surface area contributed by atoms with Crippen LogP contribution in [-0.2, 0) is 6.61 Å². The van der Waals surface area contributed by atoms with Gasteiger partial charge in [-0.25, -0.2) is 0 Å². The first-order valence-corrected chi connectivity index (χ1v) is 9.15. The largest absolute Gasteiger partial charge is 0.489 e. The summed E-state index contributed by atoms with van der Waals surface area (Å²) in [6.45, 7) is 0.455. The van der Waals surface area contributed by atoms with Gasteiger partial charge in [0, 0.05) is 22.3 Å². The number of aromatic nitrogens is 1. The molecule has 0 radical (unpaired) electrons. The average Bonchev–Trinajstić information content (AvgIpc) is 2.74. The molecule has 0 spiro atoms. The number of nitrogens with zero attached hydrogens (tertiary/aromatic N) is 1. The van der Waals surface area contributed by atoms with Crippen molar-refractivity contribution in [1.82, 2.24) is 4.98 Å². The summed E-state index contributed by atoms with van der Waals surface area (Å²) in [4.78, 5) is 4.52. The molecule has 0 saturated heterocycles. The third-order valence-corrected chi connectivity index (χ3v) is 4.62. The number of hydrogen-bond acceptors (Lipinski definition) is 2. The van der Waals surface area contributed by atoms with Crippen LogP contribution in [0, 0.1) is 0 Å². The Balaban J connectivity index is 1.50. The second-order valence-electron chi connectivity index (χ2n) is 6.20. The van der Waals surface area contributed by atoms with Crippen molar-refractivity contribution in [2.24, 2.45) is 0 Å². The number of hydrogen-bond donors (Lipinski definition) is 0. The third kappa shape index (κ3) is 4.18. The summed E-state index contributed by atoms with van der Waals surface area (Å²) in [5.41, 5.74) is 5.34. The monoisotopic (exact) mass is 371 g/mol. The topological polar surface area (TPSA) is 22.1 Å². The Kier molecular flexibility index (Phi) is 5.17. The second kappa shape index (κ2) is 8.07. The highest BCUT2D eigenvalue weighted by Gasteiger charge is 2.07. The maximum Gasteiger partial charge on any atom is 0.119 e. The zero-order valence-electron chi connectivity index (χ0n) is 14.7. The van der Waals surface area contributed by atoms with Gasteiger partial charge in [-0.15, -0.1) is 0 Å². The molecule has 0 amide bonds. The number of benzene rings is 3. The first kappa shape index (κ1) is 17.3. The molecule has 0 N–H and O–H groups in total. The van der Waals surface area contributed by atoms with Crippen molar-refractivity contribution in [2.45, 2.75) is 6.61 Å². The highest BCUT2D eigenvalue weighted by molar-refractivity contribution is 6.30. The van der Waals surface area contributed by atoms with Gasteiger partial charge in [-0.05, 0) is 41.5 Å². The Bertz CT molecular complexity index is 1010. The molecular weight excluding hydrogens is 354 g/mol. The average molecular weight is 372 g/mol. The number of halogens is 1. The van der Waals surface area contributed by atoms with Crippen LogP contribution in [0.15, 0.2) is 97.2 Å². The van der Waals surface area contributed by atoms with E-state index in [2.05, 4.69) is 29.2 Å². The zero-order chi connectivity index (χ0) is 18.5. The summed E-state index contributed by atoms with van der Waals surface area (Å²) >= 11 is 5.99. The summed E-state index contributed by atoms with van der Waals surface area (Å²) in [5.74, 6) is 0.834.